The molecular formula is C15H18N2O2S2. The summed E-state index contributed by atoms with van der Waals surface area (Å²) in [7, 11) is 0. The van der Waals surface area contributed by atoms with Crippen LogP contribution in [0.15, 0.2) is 22.2 Å². The van der Waals surface area contributed by atoms with E-state index in [1.54, 1.807) is 22.7 Å². The standard InChI is InChI=1S/C15H18N2O2S2/c18-7-10-2-1-3-13(10)17-14(19)6-12-9-21-15(16-12)11-4-5-20-8-11/h4-5,8-10,13,18H,1-3,6-7H2,(H,17,19). The van der Waals surface area contributed by atoms with Gasteiger partial charge in [-0.3, -0.25) is 4.79 Å². The number of rotatable bonds is 5. The van der Waals surface area contributed by atoms with Crippen molar-refractivity contribution in [2.75, 3.05) is 6.61 Å². The van der Waals surface area contributed by atoms with Gasteiger partial charge in [-0.1, -0.05) is 6.42 Å². The average molecular weight is 322 g/mol. The van der Waals surface area contributed by atoms with Crippen molar-refractivity contribution in [2.24, 2.45) is 5.92 Å². The van der Waals surface area contributed by atoms with Crippen molar-refractivity contribution >= 4 is 28.6 Å². The Bertz CT molecular complexity index is 595. The lowest BCUT2D eigenvalue weighted by Crippen LogP contribution is -2.39. The number of hydrogen-bond donors (Lipinski definition) is 2. The normalized spacial score (nSPS) is 21.6. The van der Waals surface area contributed by atoms with Gasteiger partial charge in [-0.2, -0.15) is 11.3 Å². The third kappa shape index (κ3) is 3.51. The molecule has 2 heterocycles. The van der Waals surface area contributed by atoms with E-state index >= 15 is 0 Å². The van der Waals surface area contributed by atoms with Crippen LogP contribution in [-0.4, -0.2) is 28.6 Å². The van der Waals surface area contributed by atoms with Crippen LogP contribution in [0.2, 0.25) is 0 Å². The summed E-state index contributed by atoms with van der Waals surface area (Å²) in [4.78, 5) is 16.6. The first-order valence-corrected chi connectivity index (χ1v) is 8.95. The van der Waals surface area contributed by atoms with Crippen LogP contribution in [0.5, 0.6) is 0 Å². The number of amides is 1. The molecule has 2 atom stereocenters. The second-order valence-corrected chi connectivity index (χ2v) is 7.02. The monoisotopic (exact) mass is 322 g/mol. The molecule has 0 aromatic carbocycles. The van der Waals surface area contributed by atoms with E-state index in [4.69, 9.17) is 0 Å². The molecule has 21 heavy (non-hydrogen) atoms. The number of aliphatic hydroxyl groups is 1. The molecule has 0 aliphatic heterocycles. The van der Waals surface area contributed by atoms with Gasteiger partial charge in [0.05, 0.1) is 12.1 Å². The molecule has 4 nitrogen and oxygen atoms in total. The first-order chi connectivity index (χ1) is 10.3. The predicted molar refractivity (Wildman–Crippen MR) is 85.5 cm³/mol. The number of carbonyl (C=O) groups is 1. The zero-order valence-electron chi connectivity index (χ0n) is 11.6. The van der Waals surface area contributed by atoms with Crippen molar-refractivity contribution in [3.8, 4) is 10.6 Å². The predicted octanol–water partition coefficient (Wildman–Crippen LogP) is 2.69. The number of carbonyl (C=O) groups excluding carboxylic acids is 1. The lowest BCUT2D eigenvalue weighted by molar-refractivity contribution is -0.121. The molecule has 2 aromatic rings. The highest BCUT2D eigenvalue weighted by molar-refractivity contribution is 7.14. The summed E-state index contributed by atoms with van der Waals surface area (Å²) in [6.45, 7) is 0.157. The molecular weight excluding hydrogens is 304 g/mol. The van der Waals surface area contributed by atoms with E-state index in [1.807, 2.05) is 16.8 Å². The fourth-order valence-electron chi connectivity index (χ4n) is 2.77. The molecule has 0 bridgehead atoms. The summed E-state index contributed by atoms with van der Waals surface area (Å²) in [5.74, 6) is 0.216. The Kier molecular flexibility index (Phi) is 4.67. The molecule has 2 aromatic heterocycles. The number of aliphatic hydroxyl groups excluding tert-OH is 1. The Morgan fingerprint density at radius 1 is 1.43 bits per heavy atom. The lowest BCUT2D eigenvalue weighted by Gasteiger charge is -2.18. The van der Waals surface area contributed by atoms with E-state index in [0.29, 0.717) is 6.42 Å². The van der Waals surface area contributed by atoms with Crippen molar-refractivity contribution in [1.29, 1.82) is 0 Å². The van der Waals surface area contributed by atoms with E-state index in [1.165, 1.54) is 0 Å². The third-order valence-corrected chi connectivity index (χ3v) is 5.52. The van der Waals surface area contributed by atoms with E-state index in [0.717, 1.165) is 35.5 Å². The zero-order valence-corrected chi connectivity index (χ0v) is 13.3. The topological polar surface area (TPSA) is 62.2 Å². The number of hydrogen-bond acceptors (Lipinski definition) is 5. The SMILES string of the molecule is O=C(Cc1csc(-c2ccsc2)n1)NC1CCCC1CO. The fraction of sp³-hybridized carbons (Fsp3) is 0.467. The van der Waals surface area contributed by atoms with Crippen LogP contribution in [0.4, 0.5) is 0 Å². The van der Waals surface area contributed by atoms with E-state index in [-0.39, 0.29) is 24.5 Å². The minimum atomic E-state index is 0.00233. The van der Waals surface area contributed by atoms with Crippen molar-refractivity contribution in [1.82, 2.24) is 10.3 Å². The minimum absolute atomic E-state index is 0.00233. The summed E-state index contributed by atoms with van der Waals surface area (Å²) >= 11 is 3.22. The first kappa shape index (κ1) is 14.7. The van der Waals surface area contributed by atoms with Gasteiger partial charge in [-0.25, -0.2) is 4.98 Å². The molecule has 2 N–H and O–H groups in total. The molecule has 0 spiro atoms. The van der Waals surface area contributed by atoms with Crippen LogP contribution >= 0.6 is 22.7 Å². The molecule has 2 unspecified atom stereocenters. The largest absolute Gasteiger partial charge is 0.396 e. The third-order valence-electron chi connectivity index (χ3n) is 3.90. The maximum atomic E-state index is 12.1. The van der Waals surface area contributed by atoms with Gasteiger partial charge in [0.25, 0.3) is 0 Å². The van der Waals surface area contributed by atoms with Gasteiger partial charge < -0.3 is 10.4 Å². The van der Waals surface area contributed by atoms with Gasteiger partial charge in [-0.15, -0.1) is 11.3 Å². The average Bonchev–Trinajstić information content (AvgIpc) is 3.19. The molecule has 1 amide bonds. The zero-order chi connectivity index (χ0) is 14.7. The first-order valence-electron chi connectivity index (χ1n) is 7.13. The Morgan fingerprint density at radius 3 is 3.10 bits per heavy atom. The molecule has 1 aliphatic rings. The fourth-order valence-corrected chi connectivity index (χ4v) is 4.31. The highest BCUT2D eigenvalue weighted by Gasteiger charge is 2.27. The summed E-state index contributed by atoms with van der Waals surface area (Å²) < 4.78 is 0. The smallest absolute Gasteiger partial charge is 0.226 e. The summed E-state index contributed by atoms with van der Waals surface area (Å²) in [5, 5.41) is 19.3. The minimum Gasteiger partial charge on any atom is -0.396 e. The molecule has 1 fully saturated rings. The van der Waals surface area contributed by atoms with Gasteiger partial charge >= 0.3 is 0 Å². The van der Waals surface area contributed by atoms with E-state index < -0.39 is 0 Å². The van der Waals surface area contributed by atoms with Gasteiger partial charge in [-0.05, 0) is 24.3 Å². The highest BCUT2D eigenvalue weighted by Crippen LogP contribution is 2.27. The maximum Gasteiger partial charge on any atom is 0.226 e. The molecule has 1 aliphatic carbocycles. The van der Waals surface area contributed by atoms with Crippen molar-refractivity contribution in [3.63, 3.8) is 0 Å². The number of thiazole rings is 1. The Hall–Kier alpha value is -1.24. The van der Waals surface area contributed by atoms with Crippen LogP contribution < -0.4 is 5.32 Å². The Morgan fingerprint density at radius 2 is 2.33 bits per heavy atom. The molecule has 6 heteroatoms. The molecule has 0 radical (unpaired) electrons. The van der Waals surface area contributed by atoms with Crippen LogP contribution in [0.1, 0.15) is 25.0 Å². The summed E-state index contributed by atoms with van der Waals surface area (Å²) in [5.41, 5.74) is 1.94. The van der Waals surface area contributed by atoms with Crippen LogP contribution in [0.3, 0.4) is 0 Å². The molecule has 1 saturated carbocycles. The highest BCUT2D eigenvalue weighted by atomic mass is 32.1. The Labute approximate surface area is 131 Å². The number of nitrogens with zero attached hydrogens (tertiary/aromatic N) is 1. The molecule has 3 rings (SSSR count). The van der Waals surface area contributed by atoms with Gasteiger partial charge in [0.2, 0.25) is 5.91 Å². The van der Waals surface area contributed by atoms with Gasteiger partial charge in [0.15, 0.2) is 0 Å². The van der Waals surface area contributed by atoms with Crippen LogP contribution in [0, 0.1) is 5.92 Å². The van der Waals surface area contributed by atoms with E-state index in [2.05, 4.69) is 15.7 Å². The number of thiophene rings is 1. The number of aromatic nitrogens is 1. The van der Waals surface area contributed by atoms with Crippen molar-refractivity contribution < 1.29 is 9.90 Å². The Balaban J connectivity index is 1.58. The van der Waals surface area contributed by atoms with Crippen molar-refractivity contribution in [3.05, 3.63) is 27.9 Å². The van der Waals surface area contributed by atoms with Crippen molar-refractivity contribution in [2.45, 2.75) is 31.7 Å². The molecule has 112 valence electrons. The summed E-state index contributed by atoms with van der Waals surface area (Å²) in [6, 6.07) is 2.16. The summed E-state index contributed by atoms with van der Waals surface area (Å²) in [6.07, 6.45) is 3.36. The van der Waals surface area contributed by atoms with Gasteiger partial charge in [0, 0.05) is 34.9 Å². The second kappa shape index (κ2) is 6.68. The second-order valence-electron chi connectivity index (χ2n) is 5.38. The quantitative estimate of drug-likeness (QED) is 0.889. The lowest BCUT2D eigenvalue weighted by atomic mass is 10.1. The van der Waals surface area contributed by atoms with E-state index in [9.17, 15) is 9.90 Å². The number of nitrogens with one attached hydrogen (secondary N) is 1. The maximum absolute atomic E-state index is 12.1. The van der Waals surface area contributed by atoms with Crippen LogP contribution in [-0.2, 0) is 11.2 Å². The van der Waals surface area contributed by atoms with Gasteiger partial charge in [0.1, 0.15) is 5.01 Å². The molecule has 0 saturated heterocycles. The van der Waals surface area contributed by atoms with Crippen LogP contribution in [0.25, 0.3) is 10.6 Å².